The smallest absolute Gasteiger partial charge is 0.253 e. The van der Waals surface area contributed by atoms with Gasteiger partial charge in [-0.15, -0.1) is 0 Å². The molecule has 0 atom stereocenters. The van der Waals surface area contributed by atoms with Crippen LogP contribution in [0.3, 0.4) is 0 Å². The van der Waals surface area contributed by atoms with Gasteiger partial charge in [-0.3, -0.25) is 4.79 Å². The van der Waals surface area contributed by atoms with Crippen molar-refractivity contribution in [2.45, 2.75) is 18.7 Å². The maximum Gasteiger partial charge on any atom is 0.253 e. The van der Waals surface area contributed by atoms with Crippen LogP contribution in [0.5, 0.6) is 0 Å². The normalized spacial score (nSPS) is 15.9. The first-order valence-corrected chi connectivity index (χ1v) is 10.2. The first kappa shape index (κ1) is 18.9. The molecule has 3 rings (SSSR count). The molecule has 0 aromatic heterocycles. The van der Waals surface area contributed by atoms with Crippen molar-refractivity contribution in [3.05, 3.63) is 64.2 Å². The molecule has 2 aromatic rings. The summed E-state index contributed by atoms with van der Waals surface area (Å²) in [5.41, 5.74) is 2.85. The second-order valence-corrected chi connectivity index (χ2v) is 8.82. The molecule has 0 saturated carbocycles. The topological polar surface area (TPSA) is 57.7 Å². The number of piperazine rings is 1. The number of hydrogen-bond acceptors (Lipinski definition) is 3. The molecule has 1 heterocycles. The van der Waals surface area contributed by atoms with Crippen molar-refractivity contribution in [1.82, 2.24) is 9.21 Å². The van der Waals surface area contributed by atoms with Gasteiger partial charge in [0.15, 0.2) is 0 Å². The quantitative estimate of drug-likeness (QED) is 0.806. The Bertz CT molecular complexity index is 918. The first-order valence-electron chi connectivity index (χ1n) is 8.41. The lowest BCUT2D eigenvalue weighted by Crippen LogP contribution is -2.50. The van der Waals surface area contributed by atoms with Crippen LogP contribution < -0.4 is 0 Å². The van der Waals surface area contributed by atoms with E-state index in [4.69, 9.17) is 11.6 Å². The van der Waals surface area contributed by atoms with Crippen molar-refractivity contribution >= 4 is 27.5 Å². The number of hydrogen-bond donors (Lipinski definition) is 0. The zero-order valence-electron chi connectivity index (χ0n) is 14.8. The lowest BCUT2D eigenvalue weighted by atomic mass is 10.1. The summed E-state index contributed by atoms with van der Waals surface area (Å²) in [5, 5.41) is 0.493. The minimum atomic E-state index is -3.57. The molecule has 0 aliphatic carbocycles. The molecule has 0 spiro atoms. The van der Waals surface area contributed by atoms with Gasteiger partial charge in [0.05, 0.1) is 4.90 Å². The fourth-order valence-electron chi connectivity index (χ4n) is 2.94. The van der Waals surface area contributed by atoms with E-state index in [1.54, 1.807) is 17.0 Å². The van der Waals surface area contributed by atoms with E-state index < -0.39 is 10.0 Å². The van der Waals surface area contributed by atoms with Crippen LogP contribution in [0.2, 0.25) is 5.02 Å². The van der Waals surface area contributed by atoms with E-state index in [-0.39, 0.29) is 23.9 Å². The van der Waals surface area contributed by atoms with Gasteiger partial charge in [0.2, 0.25) is 10.0 Å². The number of benzene rings is 2. The summed E-state index contributed by atoms with van der Waals surface area (Å²) in [4.78, 5) is 14.6. The Morgan fingerprint density at radius 3 is 2.12 bits per heavy atom. The standard InChI is InChI=1S/C19H21ClN2O3S/c1-14-3-4-16(13-15(14)2)19(23)21-9-11-22(12-10-21)26(24,25)18-7-5-17(20)6-8-18/h3-8,13H,9-12H2,1-2H3. The van der Waals surface area contributed by atoms with Crippen LogP contribution in [-0.4, -0.2) is 49.7 Å². The minimum absolute atomic E-state index is 0.0587. The molecule has 2 aromatic carbocycles. The third-order valence-corrected chi connectivity index (χ3v) is 6.90. The number of rotatable bonds is 3. The summed E-state index contributed by atoms with van der Waals surface area (Å²) < 4.78 is 26.8. The molecule has 7 heteroatoms. The SMILES string of the molecule is Cc1ccc(C(=O)N2CCN(S(=O)(=O)c3ccc(Cl)cc3)CC2)cc1C. The van der Waals surface area contributed by atoms with Crippen molar-refractivity contribution in [2.24, 2.45) is 0 Å². The molecule has 138 valence electrons. The minimum Gasteiger partial charge on any atom is -0.336 e. The highest BCUT2D eigenvalue weighted by atomic mass is 35.5. The van der Waals surface area contributed by atoms with Crippen molar-refractivity contribution in [1.29, 1.82) is 0 Å². The fraction of sp³-hybridized carbons (Fsp3) is 0.316. The van der Waals surface area contributed by atoms with E-state index >= 15 is 0 Å². The van der Waals surface area contributed by atoms with E-state index in [0.717, 1.165) is 11.1 Å². The first-order chi connectivity index (χ1) is 12.3. The molecule has 1 fully saturated rings. The molecule has 1 aliphatic heterocycles. The van der Waals surface area contributed by atoms with Gasteiger partial charge >= 0.3 is 0 Å². The van der Waals surface area contributed by atoms with Gasteiger partial charge < -0.3 is 4.90 Å². The van der Waals surface area contributed by atoms with Crippen LogP contribution in [0.1, 0.15) is 21.5 Å². The Hall–Kier alpha value is -1.89. The fourth-order valence-corrected chi connectivity index (χ4v) is 4.49. The predicted octanol–water partition coefficient (Wildman–Crippen LogP) is 3.10. The molecule has 0 bridgehead atoms. The van der Waals surface area contributed by atoms with E-state index in [2.05, 4.69) is 0 Å². The van der Waals surface area contributed by atoms with Crippen LogP contribution in [0.4, 0.5) is 0 Å². The summed E-state index contributed by atoms with van der Waals surface area (Å²) in [6.45, 7) is 5.28. The summed E-state index contributed by atoms with van der Waals surface area (Å²) in [7, 11) is -3.57. The molecule has 0 radical (unpaired) electrons. The number of nitrogens with zero attached hydrogens (tertiary/aromatic N) is 2. The van der Waals surface area contributed by atoms with Gasteiger partial charge in [-0.1, -0.05) is 17.7 Å². The van der Waals surface area contributed by atoms with Gasteiger partial charge in [-0.05, 0) is 61.4 Å². The largest absolute Gasteiger partial charge is 0.336 e. The molecule has 0 unspecified atom stereocenters. The summed E-state index contributed by atoms with van der Waals surface area (Å²) in [6, 6.07) is 11.8. The van der Waals surface area contributed by atoms with E-state index in [9.17, 15) is 13.2 Å². The third kappa shape index (κ3) is 3.77. The van der Waals surface area contributed by atoms with Gasteiger partial charge in [-0.25, -0.2) is 8.42 Å². The van der Waals surface area contributed by atoms with E-state index in [0.29, 0.717) is 23.7 Å². The lowest BCUT2D eigenvalue weighted by molar-refractivity contribution is 0.0698. The summed E-state index contributed by atoms with van der Waals surface area (Å²) in [6.07, 6.45) is 0. The Labute approximate surface area is 159 Å². The highest BCUT2D eigenvalue weighted by molar-refractivity contribution is 7.89. The number of carbonyl (C=O) groups excluding carboxylic acids is 1. The van der Waals surface area contributed by atoms with Crippen LogP contribution in [0.25, 0.3) is 0 Å². The van der Waals surface area contributed by atoms with E-state index in [1.165, 1.54) is 16.4 Å². The highest BCUT2D eigenvalue weighted by Crippen LogP contribution is 2.21. The molecule has 26 heavy (non-hydrogen) atoms. The molecule has 1 amide bonds. The van der Waals surface area contributed by atoms with Gasteiger partial charge in [0.25, 0.3) is 5.91 Å². The van der Waals surface area contributed by atoms with Gasteiger partial charge in [-0.2, -0.15) is 4.31 Å². The monoisotopic (exact) mass is 392 g/mol. The summed E-state index contributed by atoms with van der Waals surface area (Å²) in [5.74, 6) is -0.0587. The number of amides is 1. The lowest BCUT2D eigenvalue weighted by Gasteiger charge is -2.34. The van der Waals surface area contributed by atoms with Crippen molar-refractivity contribution in [3.8, 4) is 0 Å². The Morgan fingerprint density at radius 2 is 1.54 bits per heavy atom. The van der Waals surface area contributed by atoms with Crippen LogP contribution in [0.15, 0.2) is 47.4 Å². The van der Waals surface area contributed by atoms with Crippen molar-refractivity contribution in [2.75, 3.05) is 26.2 Å². The average molecular weight is 393 g/mol. The van der Waals surface area contributed by atoms with Gasteiger partial charge in [0, 0.05) is 36.8 Å². The Kier molecular flexibility index (Phi) is 5.37. The Balaban J connectivity index is 1.69. The number of carbonyl (C=O) groups is 1. The molecular weight excluding hydrogens is 372 g/mol. The van der Waals surface area contributed by atoms with Crippen LogP contribution in [-0.2, 0) is 10.0 Å². The molecule has 1 saturated heterocycles. The third-order valence-electron chi connectivity index (χ3n) is 4.73. The Morgan fingerprint density at radius 1 is 0.923 bits per heavy atom. The zero-order chi connectivity index (χ0) is 18.9. The maximum absolute atomic E-state index is 12.7. The second-order valence-electron chi connectivity index (χ2n) is 6.45. The van der Waals surface area contributed by atoms with E-state index in [1.807, 2.05) is 32.0 Å². The van der Waals surface area contributed by atoms with Crippen LogP contribution >= 0.6 is 11.6 Å². The molecule has 0 N–H and O–H groups in total. The number of halogens is 1. The summed E-state index contributed by atoms with van der Waals surface area (Å²) >= 11 is 5.83. The number of aryl methyl sites for hydroxylation is 2. The van der Waals surface area contributed by atoms with Crippen molar-refractivity contribution in [3.63, 3.8) is 0 Å². The molecule has 5 nitrogen and oxygen atoms in total. The second kappa shape index (κ2) is 7.39. The maximum atomic E-state index is 12.7. The van der Waals surface area contributed by atoms with Gasteiger partial charge in [0.1, 0.15) is 0 Å². The van der Waals surface area contributed by atoms with Crippen molar-refractivity contribution < 1.29 is 13.2 Å². The highest BCUT2D eigenvalue weighted by Gasteiger charge is 2.30. The zero-order valence-corrected chi connectivity index (χ0v) is 16.3. The number of sulfonamides is 1. The molecular formula is C19H21ClN2O3S. The average Bonchev–Trinajstić information content (AvgIpc) is 2.64. The predicted molar refractivity (Wildman–Crippen MR) is 102 cm³/mol. The van der Waals surface area contributed by atoms with Crippen LogP contribution in [0, 0.1) is 13.8 Å². The molecule has 1 aliphatic rings.